The number of phenolic OH excluding ortho intramolecular Hbond substituents is 1. The second-order valence-corrected chi connectivity index (χ2v) is 8.50. The Hall–Kier alpha value is -4.14. The van der Waals surface area contributed by atoms with Crippen molar-refractivity contribution < 1.29 is 10.2 Å². The zero-order valence-electron chi connectivity index (χ0n) is 21.6. The van der Waals surface area contributed by atoms with Crippen LogP contribution in [0.2, 0.25) is 0 Å². The minimum absolute atomic E-state index is 0. The fourth-order valence-corrected chi connectivity index (χ4v) is 3.22. The molecule has 0 aliphatic heterocycles. The topological polar surface area (TPSA) is 133 Å². The molecule has 2 aliphatic rings. The SMILES string of the molecule is C=C1[CH]C=CC=C1.C=C1[CH]C=CC=C1.Oc1ccc(-n2[nH]nnc2=S)cc1.[O-]c1ccc(-n2nnnc2[S-])cc1.[Sn+2]. The number of rotatable bonds is 2. The maximum Gasteiger partial charge on any atom is 2.00 e. The number of hydrogen-bond acceptors (Lipinski definition) is 9. The monoisotopic (exact) mass is 688 g/mol. The van der Waals surface area contributed by atoms with E-state index in [0.29, 0.717) is 10.5 Å². The molecule has 0 unspecified atom stereocenters. The van der Waals surface area contributed by atoms with Crippen molar-refractivity contribution in [3.63, 3.8) is 0 Å². The van der Waals surface area contributed by atoms with Crippen LogP contribution in [0.5, 0.6) is 11.5 Å². The van der Waals surface area contributed by atoms with Crippen molar-refractivity contribution in [2.45, 2.75) is 5.16 Å². The number of aromatic hydroxyl groups is 1. The maximum atomic E-state index is 10.8. The fraction of sp³-hybridized carbons (Fsp3) is 0. The molecule has 13 heteroatoms. The summed E-state index contributed by atoms with van der Waals surface area (Å²) in [4.78, 5) is 0. The van der Waals surface area contributed by atoms with E-state index in [-0.39, 0.29) is 40.6 Å². The molecule has 4 radical (unpaired) electrons. The van der Waals surface area contributed by atoms with Gasteiger partial charge in [0.25, 0.3) is 0 Å². The van der Waals surface area contributed by atoms with Gasteiger partial charge in [-0.3, -0.25) is 0 Å². The number of nitrogens with zero attached hydrogens (tertiary/aromatic N) is 7. The molecule has 2 aromatic carbocycles. The normalized spacial score (nSPS) is 12.6. The molecule has 0 spiro atoms. The minimum atomic E-state index is -0.0530. The first-order chi connectivity index (χ1) is 19.3. The summed E-state index contributed by atoms with van der Waals surface area (Å²) < 4.78 is 3.27. The number of allylic oxidation sites excluding steroid dienone is 10. The van der Waals surface area contributed by atoms with Gasteiger partial charge >= 0.3 is 23.9 Å². The zero-order valence-corrected chi connectivity index (χ0v) is 26.1. The van der Waals surface area contributed by atoms with Gasteiger partial charge in [0, 0.05) is 18.0 Å². The number of tetrazole rings is 2. The van der Waals surface area contributed by atoms with Gasteiger partial charge in [0.15, 0.2) is 0 Å². The molecule has 204 valence electrons. The second-order valence-electron chi connectivity index (χ2n) is 7.77. The summed E-state index contributed by atoms with van der Waals surface area (Å²) >= 11 is 9.74. The molecule has 2 N–H and O–H groups in total. The van der Waals surface area contributed by atoms with Crippen molar-refractivity contribution in [1.82, 2.24) is 40.4 Å². The summed E-state index contributed by atoms with van der Waals surface area (Å²) in [5.41, 5.74) is 3.62. The zero-order chi connectivity index (χ0) is 28.7. The van der Waals surface area contributed by atoms with Gasteiger partial charge in [0.2, 0.25) is 4.77 Å². The van der Waals surface area contributed by atoms with E-state index in [1.165, 1.54) is 21.5 Å². The molecule has 2 aliphatic carbocycles. The predicted molar refractivity (Wildman–Crippen MR) is 162 cm³/mol. The van der Waals surface area contributed by atoms with E-state index in [4.69, 9.17) is 30.0 Å². The fourth-order valence-electron chi connectivity index (χ4n) is 2.85. The summed E-state index contributed by atoms with van der Waals surface area (Å²) in [7, 11) is 0. The number of aromatic amines is 1. The van der Waals surface area contributed by atoms with E-state index in [0.717, 1.165) is 16.8 Å². The Morgan fingerprint density at radius 1 is 0.805 bits per heavy atom. The number of H-pyrrole nitrogens is 1. The molecule has 0 bridgehead atoms. The number of nitrogens with one attached hydrogen (secondary N) is 1. The Labute approximate surface area is 265 Å². The van der Waals surface area contributed by atoms with Crippen LogP contribution in [0.1, 0.15) is 0 Å². The smallest absolute Gasteiger partial charge is 0.872 e. The molecule has 41 heavy (non-hydrogen) atoms. The first kappa shape index (κ1) is 33.1. The van der Waals surface area contributed by atoms with Crippen LogP contribution in [0, 0.1) is 17.6 Å². The molecular weight excluding hydrogens is 663 g/mol. The summed E-state index contributed by atoms with van der Waals surface area (Å²) in [6, 6.07) is 12.7. The number of benzene rings is 2. The molecule has 2 heterocycles. The molecule has 4 aromatic rings. The third kappa shape index (κ3) is 11.5. The van der Waals surface area contributed by atoms with Crippen molar-refractivity contribution in [3.8, 4) is 22.9 Å². The van der Waals surface area contributed by atoms with Crippen molar-refractivity contribution in [1.29, 1.82) is 0 Å². The summed E-state index contributed by atoms with van der Waals surface area (Å²) in [6.07, 6.45) is 19.7. The van der Waals surface area contributed by atoms with E-state index < -0.39 is 0 Å². The molecule has 0 atom stereocenters. The van der Waals surface area contributed by atoms with Gasteiger partial charge in [-0.1, -0.05) is 84.2 Å². The molecule has 0 fully saturated rings. The number of phenols is 1. The van der Waals surface area contributed by atoms with E-state index in [1.807, 2.05) is 61.4 Å². The predicted octanol–water partition coefficient (Wildman–Crippen LogP) is 4.04. The summed E-state index contributed by atoms with van der Waals surface area (Å²) in [5, 5.41) is 40.5. The largest absolute Gasteiger partial charge is 2.00 e. The molecule has 0 amide bonds. The second kappa shape index (κ2) is 17.5. The van der Waals surface area contributed by atoms with Crippen molar-refractivity contribution in [2.75, 3.05) is 0 Å². The third-order valence-electron chi connectivity index (χ3n) is 4.79. The van der Waals surface area contributed by atoms with Crippen molar-refractivity contribution in [2.24, 2.45) is 0 Å². The Kier molecular flexibility index (Phi) is 14.1. The van der Waals surface area contributed by atoms with Gasteiger partial charge in [0.05, 0.1) is 11.4 Å². The van der Waals surface area contributed by atoms with Crippen LogP contribution in [0.3, 0.4) is 0 Å². The van der Waals surface area contributed by atoms with Crippen LogP contribution in [-0.4, -0.2) is 69.4 Å². The van der Waals surface area contributed by atoms with Crippen LogP contribution in [0.15, 0.2) is 127 Å². The molecule has 0 saturated heterocycles. The minimum Gasteiger partial charge on any atom is -0.872 e. The van der Waals surface area contributed by atoms with Crippen LogP contribution in [-0.2, 0) is 12.6 Å². The number of aromatic nitrogens is 8. The standard InChI is InChI=1S/2C7H6N4OS.2C7H7.Sn/c2*12-6-3-1-5(2-4-6)11-7(13)8-9-10-11;2*1-7-5-3-2-4-6-7;/h2*1-4,12H,(H,8,10,13);2*2-6H,1H2;/q;;;;+2/p-2. The Morgan fingerprint density at radius 3 is 1.76 bits per heavy atom. The van der Waals surface area contributed by atoms with Gasteiger partial charge in [-0.25, -0.2) is 9.36 Å². The molecule has 2 aromatic heterocycles. The van der Waals surface area contributed by atoms with Gasteiger partial charge in [0.1, 0.15) is 5.75 Å². The maximum absolute atomic E-state index is 10.8. The van der Waals surface area contributed by atoms with E-state index in [1.54, 1.807) is 36.4 Å². The van der Waals surface area contributed by atoms with Crippen LogP contribution < -0.4 is 5.11 Å². The molecular formula is C28H24N8O2S2Sn. The van der Waals surface area contributed by atoms with Gasteiger partial charge in [-0.2, -0.15) is 5.21 Å². The molecule has 0 saturated carbocycles. The van der Waals surface area contributed by atoms with Crippen LogP contribution >= 0.6 is 12.2 Å². The Bertz CT molecular complexity index is 1550. The summed E-state index contributed by atoms with van der Waals surface area (Å²) in [6.45, 7) is 7.44. The van der Waals surface area contributed by atoms with Crippen molar-refractivity contribution >= 4 is 48.8 Å². The number of hydrogen-bond donors (Lipinski definition) is 2. The van der Waals surface area contributed by atoms with E-state index >= 15 is 0 Å². The molecule has 10 nitrogen and oxygen atoms in total. The Morgan fingerprint density at radius 2 is 1.37 bits per heavy atom. The van der Waals surface area contributed by atoms with Gasteiger partial charge in [-0.05, 0) is 70.2 Å². The molecule has 6 rings (SSSR count). The van der Waals surface area contributed by atoms with Crippen LogP contribution in [0.4, 0.5) is 0 Å². The first-order valence-electron chi connectivity index (χ1n) is 11.6. The van der Waals surface area contributed by atoms with E-state index in [9.17, 15) is 5.11 Å². The van der Waals surface area contributed by atoms with Gasteiger partial charge in [-0.15, -0.1) is 10.8 Å². The van der Waals surface area contributed by atoms with Gasteiger partial charge < -0.3 is 22.8 Å². The third-order valence-corrected chi connectivity index (χ3v) is 5.31. The summed E-state index contributed by atoms with van der Waals surface area (Å²) in [5.74, 6) is 0.158. The average Bonchev–Trinajstić information content (AvgIpc) is 3.59. The van der Waals surface area contributed by atoms with E-state index in [2.05, 4.69) is 44.2 Å². The Balaban J connectivity index is 0.000000198. The first-order valence-corrected chi connectivity index (χ1v) is 12.4. The quantitative estimate of drug-likeness (QED) is 0.182. The van der Waals surface area contributed by atoms with Crippen molar-refractivity contribution in [3.05, 3.63) is 139 Å². The van der Waals surface area contributed by atoms with Crippen LogP contribution in [0.25, 0.3) is 11.4 Å². The average molecular weight is 687 g/mol.